The third-order valence-electron chi connectivity index (χ3n) is 9.09. The Hall–Kier alpha value is -4.29. The Morgan fingerprint density at radius 3 is 2.26 bits per heavy atom. The molecule has 1 saturated heterocycles. The number of halogens is 1. The van der Waals surface area contributed by atoms with Crippen LogP contribution in [0.2, 0.25) is 0 Å². The molecule has 7 rings (SSSR count). The van der Waals surface area contributed by atoms with E-state index in [2.05, 4.69) is 35.1 Å². The molecular formula is C37H31BrN2O3. The molecule has 0 radical (unpaired) electrons. The second-order valence-corrected chi connectivity index (χ2v) is 13.0. The average Bonchev–Trinajstić information content (AvgIpc) is 3.48. The maximum absolute atomic E-state index is 14.9. The van der Waals surface area contributed by atoms with Gasteiger partial charge in [-0.05, 0) is 53.3 Å². The number of anilines is 2. The summed E-state index contributed by atoms with van der Waals surface area (Å²) in [4.78, 5) is 46.3. The number of fused-ring (bicyclic) bond motifs is 5. The minimum absolute atomic E-state index is 0.145. The maximum atomic E-state index is 14.9. The van der Waals surface area contributed by atoms with Gasteiger partial charge in [0, 0.05) is 27.0 Å². The standard InChI is InChI=1S/C37H31BrN2O3/c1-22(2)21-23-11-13-25(14-12-23)33(41)32-31-20-17-24-7-3-6-10-30(24)40(31)35(34(42)26-15-18-27(38)19-16-26)37(32)28-8-4-5-9-29(28)39-36(37)43/h3-20,22,31-32,35H,21H2,1-2H3,(H,39,43)/t31-,32-,35+,37+/m1/s1. The molecule has 4 aromatic carbocycles. The molecule has 1 fully saturated rings. The average molecular weight is 632 g/mol. The van der Waals surface area contributed by atoms with Gasteiger partial charge in [0.05, 0.1) is 12.0 Å². The number of rotatable bonds is 6. The molecule has 0 aliphatic carbocycles. The summed E-state index contributed by atoms with van der Waals surface area (Å²) in [7, 11) is 0. The van der Waals surface area contributed by atoms with E-state index in [4.69, 9.17) is 0 Å². The summed E-state index contributed by atoms with van der Waals surface area (Å²) in [6.07, 6.45) is 4.93. The van der Waals surface area contributed by atoms with E-state index < -0.39 is 23.4 Å². The van der Waals surface area contributed by atoms with Crippen LogP contribution in [-0.2, 0) is 16.6 Å². The Morgan fingerprint density at radius 2 is 1.51 bits per heavy atom. The van der Waals surface area contributed by atoms with E-state index in [9.17, 15) is 14.4 Å². The minimum Gasteiger partial charge on any atom is -0.352 e. The molecule has 0 aromatic heterocycles. The normalized spacial score (nSPS) is 23.2. The van der Waals surface area contributed by atoms with Crippen LogP contribution >= 0.6 is 15.9 Å². The largest absolute Gasteiger partial charge is 0.352 e. The Labute approximate surface area is 259 Å². The van der Waals surface area contributed by atoms with E-state index in [-0.39, 0.29) is 17.5 Å². The van der Waals surface area contributed by atoms with Crippen molar-refractivity contribution in [1.29, 1.82) is 0 Å². The molecule has 0 saturated carbocycles. The Kier molecular flexibility index (Phi) is 6.70. The predicted octanol–water partition coefficient (Wildman–Crippen LogP) is 7.50. The van der Waals surface area contributed by atoms with Crippen molar-refractivity contribution in [3.05, 3.63) is 135 Å². The molecule has 3 aliphatic heterocycles. The number of nitrogens with zero attached hydrogens (tertiary/aromatic N) is 1. The van der Waals surface area contributed by atoms with Crippen molar-refractivity contribution in [2.45, 2.75) is 37.8 Å². The lowest BCUT2D eigenvalue weighted by Crippen LogP contribution is -2.55. The van der Waals surface area contributed by atoms with E-state index in [1.54, 1.807) is 12.1 Å². The van der Waals surface area contributed by atoms with Gasteiger partial charge in [0.1, 0.15) is 11.5 Å². The highest BCUT2D eigenvalue weighted by Gasteiger charge is 2.70. The van der Waals surface area contributed by atoms with E-state index in [1.807, 2.05) is 102 Å². The summed E-state index contributed by atoms with van der Waals surface area (Å²) in [6.45, 7) is 4.34. The molecule has 6 heteroatoms. The van der Waals surface area contributed by atoms with Crippen LogP contribution in [-0.4, -0.2) is 29.6 Å². The summed E-state index contributed by atoms with van der Waals surface area (Å²) >= 11 is 3.48. The lowest BCUT2D eigenvalue weighted by molar-refractivity contribution is -0.121. The van der Waals surface area contributed by atoms with Gasteiger partial charge >= 0.3 is 0 Å². The van der Waals surface area contributed by atoms with Gasteiger partial charge in [-0.15, -0.1) is 0 Å². The first-order valence-corrected chi connectivity index (χ1v) is 15.5. The van der Waals surface area contributed by atoms with Gasteiger partial charge in [-0.3, -0.25) is 14.4 Å². The van der Waals surface area contributed by atoms with Crippen LogP contribution < -0.4 is 10.2 Å². The number of benzene rings is 4. The fraction of sp³-hybridized carbons (Fsp3) is 0.216. The summed E-state index contributed by atoms with van der Waals surface area (Å²) in [5.74, 6) is -1.02. The summed E-state index contributed by atoms with van der Waals surface area (Å²) < 4.78 is 0.854. The third-order valence-corrected chi connectivity index (χ3v) is 9.62. The first-order valence-electron chi connectivity index (χ1n) is 14.7. The number of amides is 1. The second-order valence-electron chi connectivity index (χ2n) is 12.1. The van der Waals surface area contributed by atoms with Gasteiger partial charge in [-0.2, -0.15) is 0 Å². The molecular weight excluding hydrogens is 600 g/mol. The number of hydrogen-bond donors (Lipinski definition) is 1. The molecule has 4 atom stereocenters. The summed E-state index contributed by atoms with van der Waals surface area (Å²) in [6, 6.07) is 28.9. The number of Topliss-reactive ketones (excluding diaryl/α,β-unsaturated/α-hetero) is 2. The minimum atomic E-state index is -1.46. The summed E-state index contributed by atoms with van der Waals surface area (Å²) in [5.41, 5.74) is 3.84. The fourth-order valence-electron chi connectivity index (χ4n) is 7.37. The van der Waals surface area contributed by atoms with Gasteiger partial charge in [-0.25, -0.2) is 0 Å². The van der Waals surface area contributed by atoms with Crippen molar-refractivity contribution >= 4 is 50.9 Å². The van der Waals surface area contributed by atoms with Gasteiger partial charge < -0.3 is 10.2 Å². The van der Waals surface area contributed by atoms with Gasteiger partial charge in [0.15, 0.2) is 11.6 Å². The van der Waals surface area contributed by atoms with Gasteiger partial charge in [0.2, 0.25) is 5.91 Å². The van der Waals surface area contributed by atoms with E-state index >= 15 is 0 Å². The molecule has 3 heterocycles. The van der Waals surface area contributed by atoms with Crippen molar-refractivity contribution < 1.29 is 14.4 Å². The topological polar surface area (TPSA) is 66.5 Å². The van der Waals surface area contributed by atoms with Gasteiger partial charge in [-0.1, -0.05) is 115 Å². The van der Waals surface area contributed by atoms with Crippen molar-refractivity contribution in [2.75, 3.05) is 10.2 Å². The van der Waals surface area contributed by atoms with Crippen molar-refractivity contribution in [1.82, 2.24) is 0 Å². The Bertz CT molecular complexity index is 1790. The van der Waals surface area contributed by atoms with Crippen LogP contribution in [0, 0.1) is 11.8 Å². The molecule has 5 nitrogen and oxygen atoms in total. The molecule has 0 unspecified atom stereocenters. The molecule has 1 spiro atoms. The number of para-hydroxylation sites is 2. The first kappa shape index (κ1) is 27.5. The number of nitrogens with one attached hydrogen (secondary N) is 1. The molecule has 43 heavy (non-hydrogen) atoms. The van der Waals surface area contributed by atoms with Crippen molar-refractivity contribution in [3.63, 3.8) is 0 Å². The number of ketones is 2. The van der Waals surface area contributed by atoms with Crippen LogP contribution in [0.5, 0.6) is 0 Å². The lowest BCUT2D eigenvalue weighted by atomic mass is 9.63. The maximum Gasteiger partial charge on any atom is 0.238 e. The SMILES string of the molecule is CC(C)Cc1ccc(C(=O)[C@H]2[C@H]3C=Cc4ccccc4N3[C@@H](C(=O)c3ccc(Br)cc3)[C@@]23C(=O)Nc2ccccc23)cc1. The smallest absolute Gasteiger partial charge is 0.238 e. The van der Waals surface area contributed by atoms with Crippen LogP contribution in [0.15, 0.2) is 108 Å². The Morgan fingerprint density at radius 1 is 0.860 bits per heavy atom. The zero-order valence-electron chi connectivity index (χ0n) is 24.0. The molecule has 0 bridgehead atoms. The summed E-state index contributed by atoms with van der Waals surface area (Å²) in [5, 5.41) is 3.07. The van der Waals surface area contributed by atoms with E-state index in [1.165, 1.54) is 0 Å². The molecule has 3 aliphatic rings. The predicted molar refractivity (Wildman–Crippen MR) is 174 cm³/mol. The molecule has 1 amide bonds. The quantitative estimate of drug-likeness (QED) is 0.224. The van der Waals surface area contributed by atoms with Crippen LogP contribution in [0.3, 0.4) is 0 Å². The number of carbonyl (C=O) groups excluding carboxylic acids is 3. The van der Waals surface area contributed by atoms with Crippen molar-refractivity contribution in [3.8, 4) is 0 Å². The van der Waals surface area contributed by atoms with Crippen molar-refractivity contribution in [2.24, 2.45) is 11.8 Å². The number of hydrogen-bond acceptors (Lipinski definition) is 4. The monoisotopic (exact) mass is 630 g/mol. The molecule has 4 aromatic rings. The lowest BCUT2D eigenvalue weighted by Gasteiger charge is -2.37. The van der Waals surface area contributed by atoms with Crippen LogP contribution in [0.25, 0.3) is 6.08 Å². The number of carbonyl (C=O) groups is 3. The van der Waals surface area contributed by atoms with Crippen LogP contribution in [0.4, 0.5) is 11.4 Å². The first-order chi connectivity index (χ1) is 20.8. The van der Waals surface area contributed by atoms with E-state index in [0.29, 0.717) is 28.3 Å². The second kappa shape index (κ2) is 10.5. The van der Waals surface area contributed by atoms with Crippen LogP contribution in [0.1, 0.15) is 51.3 Å². The Balaban J connectivity index is 1.48. The zero-order chi connectivity index (χ0) is 29.9. The highest BCUT2D eigenvalue weighted by molar-refractivity contribution is 9.10. The zero-order valence-corrected chi connectivity index (χ0v) is 25.5. The van der Waals surface area contributed by atoms with E-state index in [0.717, 1.165) is 27.7 Å². The third kappa shape index (κ3) is 4.22. The fourth-order valence-corrected chi connectivity index (χ4v) is 7.63. The molecule has 214 valence electrons. The molecule has 1 N–H and O–H groups in total. The highest BCUT2D eigenvalue weighted by Crippen LogP contribution is 2.58. The highest BCUT2D eigenvalue weighted by atomic mass is 79.9. The van der Waals surface area contributed by atoms with Gasteiger partial charge in [0.25, 0.3) is 0 Å².